The molecule has 5 fully saturated rings. The number of aliphatic hydroxyl groups excluding tert-OH is 2. The zero-order valence-electron chi connectivity index (χ0n) is 15.2. The van der Waals surface area contributed by atoms with Crippen LogP contribution in [0.15, 0.2) is 12.2 Å². The van der Waals surface area contributed by atoms with Crippen LogP contribution in [-0.2, 0) is 19.1 Å². The van der Waals surface area contributed by atoms with Crippen LogP contribution in [0.5, 0.6) is 0 Å². The van der Waals surface area contributed by atoms with E-state index in [0.717, 1.165) is 6.42 Å². The SMILES string of the molecule is C=C1C(=O)[C@]23C[C@H]1CC(O)[C@H]2[C@@]12COC(O)[C@@H]1C(C)(C)CC[C@@H]2OC3=O. The highest BCUT2D eigenvalue weighted by Gasteiger charge is 2.79. The molecule has 0 aromatic heterocycles. The van der Waals surface area contributed by atoms with Crippen LogP contribution in [-0.4, -0.2) is 47.1 Å². The fourth-order valence-electron chi connectivity index (χ4n) is 7.35. The molecule has 2 saturated heterocycles. The molecule has 0 amide bonds. The van der Waals surface area contributed by atoms with E-state index in [-0.39, 0.29) is 29.6 Å². The quantitative estimate of drug-likeness (QED) is 0.382. The maximum atomic E-state index is 13.2. The molecule has 2 heterocycles. The molecule has 8 atom stereocenters. The van der Waals surface area contributed by atoms with E-state index in [4.69, 9.17) is 9.47 Å². The molecule has 3 saturated carbocycles. The largest absolute Gasteiger partial charge is 0.461 e. The highest BCUT2D eigenvalue weighted by Crippen LogP contribution is 2.71. The minimum Gasteiger partial charge on any atom is -0.461 e. The van der Waals surface area contributed by atoms with Gasteiger partial charge in [-0.25, -0.2) is 0 Å². The Kier molecular flexibility index (Phi) is 3.10. The summed E-state index contributed by atoms with van der Waals surface area (Å²) in [6, 6.07) is 0. The average molecular weight is 362 g/mol. The molecule has 0 radical (unpaired) electrons. The summed E-state index contributed by atoms with van der Waals surface area (Å²) in [5, 5.41) is 21.8. The zero-order chi connectivity index (χ0) is 18.6. The maximum Gasteiger partial charge on any atom is 0.320 e. The number of rotatable bonds is 0. The third-order valence-electron chi connectivity index (χ3n) is 8.25. The minimum atomic E-state index is -1.37. The molecule has 2 N–H and O–H groups in total. The molecule has 2 bridgehead atoms. The summed E-state index contributed by atoms with van der Waals surface area (Å²) in [6.45, 7) is 8.29. The molecule has 2 spiro atoms. The molecule has 142 valence electrons. The first-order valence-corrected chi connectivity index (χ1v) is 9.58. The van der Waals surface area contributed by atoms with Gasteiger partial charge in [-0.1, -0.05) is 20.4 Å². The lowest BCUT2D eigenvalue weighted by molar-refractivity contribution is -0.251. The summed E-state index contributed by atoms with van der Waals surface area (Å²) in [7, 11) is 0. The van der Waals surface area contributed by atoms with E-state index in [9.17, 15) is 19.8 Å². The molecule has 0 aromatic rings. The number of carbonyl (C=O) groups excluding carboxylic acids is 2. The normalized spacial score (nSPS) is 54.4. The van der Waals surface area contributed by atoms with Gasteiger partial charge in [-0.15, -0.1) is 0 Å². The Hall–Kier alpha value is -1.24. The fraction of sp³-hybridized carbons (Fsp3) is 0.800. The van der Waals surface area contributed by atoms with Crippen LogP contribution < -0.4 is 0 Å². The van der Waals surface area contributed by atoms with Crippen LogP contribution >= 0.6 is 0 Å². The average Bonchev–Trinajstić information content (AvgIpc) is 3.01. The number of allylic oxidation sites excluding steroid dienone is 1. The summed E-state index contributed by atoms with van der Waals surface area (Å²) < 4.78 is 11.6. The van der Waals surface area contributed by atoms with Crippen molar-refractivity contribution in [2.24, 2.45) is 34.0 Å². The Morgan fingerprint density at radius 2 is 1.92 bits per heavy atom. The van der Waals surface area contributed by atoms with Gasteiger partial charge in [0.05, 0.1) is 12.7 Å². The van der Waals surface area contributed by atoms with Gasteiger partial charge < -0.3 is 19.7 Å². The van der Waals surface area contributed by atoms with E-state index in [1.54, 1.807) is 0 Å². The lowest BCUT2D eigenvalue weighted by Crippen LogP contribution is -2.70. The predicted octanol–water partition coefficient (Wildman–Crippen LogP) is 1.20. The first-order chi connectivity index (χ1) is 12.2. The summed E-state index contributed by atoms with van der Waals surface area (Å²) in [5.41, 5.74) is -1.91. The maximum absolute atomic E-state index is 13.2. The van der Waals surface area contributed by atoms with Crippen molar-refractivity contribution in [2.75, 3.05) is 6.61 Å². The smallest absolute Gasteiger partial charge is 0.320 e. The van der Waals surface area contributed by atoms with Gasteiger partial charge in [0.25, 0.3) is 0 Å². The van der Waals surface area contributed by atoms with Crippen molar-refractivity contribution in [3.63, 3.8) is 0 Å². The second-order valence-electron chi connectivity index (χ2n) is 9.72. The van der Waals surface area contributed by atoms with E-state index in [2.05, 4.69) is 20.4 Å². The van der Waals surface area contributed by atoms with Gasteiger partial charge in [-0.3, -0.25) is 9.59 Å². The van der Waals surface area contributed by atoms with E-state index < -0.39 is 41.2 Å². The number of hydrogen-bond donors (Lipinski definition) is 2. The Bertz CT molecular complexity index is 728. The number of hydrogen-bond acceptors (Lipinski definition) is 6. The second-order valence-corrected chi connectivity index (χ2v) is 9.72. The van der Waals surface area contributed by atoms with Crippen LogP contribution in [0, 0.1) is 34.0 Å². The molecule has 2 unspecified atom stereocenters. The van der Waals surface area contributed by atoms with Gasteiger partial charge in [-0.2, -0.15) is 0 Å². The number of Topliss-reactive ketones (excluding diaryl/α,β-unsaturated/α-hetero) is 1. The standard InChI is InChI=1S/C20H26O6/c1-9-10-6-11(21)13-19(7-10,15(9)22)17(24)26-12-4-5-18(2,3)14-16(23)25-8-20(12,13)14/h10-14,16,21,23H,1,4-8H2,2-3H3/t10-,11?,12+,13-,14-,16?,19+,20+/m1/s1. The number of carbonyl (C=O) groups is 2. The van der Waals surface area contributed by atoms with Crippen LogP contribution in [0.1, 0.15) is 39.5 Å². The van der Waals surface area contributed by atoms with E-state index >= 15 is 0 Å². The highest BCUT2D eigenvalue weighted by atomic mass is 16.6. The molecular formula is C20H26O6. The third kappa shape index (κ3) is 1.61. The monoisotopic (exact) mass is 362 g/mol. The summed E-state index contributed by atoms with van der Waals surface area (Å²) in [4.78, 5) is 26.3. The van der Waals surface area contributed by atoms with Gasteiger partial charge in [-0.05, 0) is 42.6 Å². The second kappa shape index (κ2) is 4.78. The van der Waals surface area contributed by atoms with Gasteiger partial charge in [0, 0.05) is 17.3 Å². The van der Waals surface area contributed by atoms with E-state index in [0.29, 0.717) is 24.8 Å². The molecule has 5 aliphatic rings. The van der Waals surface area contributed by atoms with Crippen molar-refractivity contribution >= 4 is 11.8 Å². The Labute approximate surface area is 152 Å². The Balaban J connectivity index is 1.75. The number of ether oxygens (including phenoxy) is 2. The Morgan fingerprint density at radius 1 is 1.19 bits per heavy atom. The lowest BCUT2D eigenvalue weighted by atomic mass is 9.43. The van der Waals surface area contributed by atoms with Crippen LogP contribution in [0.3, 0.4) is 0 Å². The first-order valence-electron chi connectivity index (χ1n) is 9.58. The van der Waals surface area contributed by atoms with Crippen molar-refractivity contribution in [1.82, 2.24) is 0 Å². The molecular weight excluding hydrogens is 336 g/mol. The fourth-order valence-corrected chi connectivity index (χ4v) is 7.35. The van der Waals surface area contributed by atoms with Gasteiger partial charge in [0.2, 0.25) is 0 Å². The summed E-state index contributed by atoms with van der Waals surface area (Å²) >= 11 is 0. The van der Waals surface area contributed by atoms with Crippen molar-refractivity contribution in [3.05, 3.63) is 12.2 Å². The van der Waals surface area contributed by atoms with Gasteiger partial charge in [0.1, 0.15) is 11.5 Å². The number of ketones is 1. The first kappa shape index (κ1) is 16.9. The van der Waals surface area contributed by atoms with Gasteiger partial charge in [0.15, 0.2) is 12.1 Å². The number of esters is 1. The topological polar surface area (TPSA) is 93.1 Å². The molecule has 2 aliphatic heterocycles. The zero-order valence-corrected chi connectivity index (χ0v) is 15.2. The van der Waals surface area contributed by atoms with Crippen molar-refractivity contribution in [1.29, 1.82) is 0 Å². The van der Waals surface area contributed by atoms with E-state index in [1.165, 1.54) is 0 Å². The van der Waals surface area contributed by atoms with Crippen molar-refractivity contribution in [2.45, 2.75) is 58.0 Å². The number of aliphatic hydroxyl groups is 2. The highest BCUT2D eigenvalue weighted by molar-refractivity contribution is 6.15. The number of fused-ring (bicyclic) bond motifs is 1. The van der Waals surface area contributed by atoms with Crippen molar-refractivity contribution < 1.29 is 29.3 Å². The van der Waals surface area contributed by atoms with Crippen molar-refractivity contribution in [3.8, 4) is 0 Å². The van der Waals surface area contributed by atoms with E-state index in [1.807, 2.05) is 0 Å². The molecule has 3 aliphatic carbocycles. The Morgan fingerprint density at radius 3 is 2.65 bits per heavy atom. The third-order valence-corrected chi connectivity index (χ3v) is 8.25. The summed E-state index contributed by atoms with van der Waals surface area (Å²) in [5.74, 6) is -1.84. The van der Waals surface area contributed by atoms with Crippen LogP contribution in [0.4, 0.5) is 0 Å². The molecule has 26 heavy (non-hydrogen) atoms. The summed E-state index contributed by atoms with van der Waals surface area (Å²) in [6.07, 6.45) is 0.0166. The lowest BCUT2D eigenvalue weighted by Gasteiger charge is -2.62. The predicted molar refractivity (Wildman–Crippen MR) is 89.6 cm³/mol. The molecule has 5 rings (SSSR count). The molecule has 0 aromatic carbocycles. The van der Waals surface area contributed by atoms with Crippen LogP contribution in [0.2, 0.25) is 0 Å². The van der Waals surface area contributed by atoms with Crippen LogP contribution in [0.25, 0.3) is 0 Å². The van der Waals surface area contributed by atoms with Gasteiger partial charge >= 0.3 is 5.97 Å². The molecule has 6 heteroatoms. The molecule has 6 nitrogen and oxygen atoms in total. The minimum absolute atomic E-state index is 0.170.